The number of fused-ring (bicyclic) bond motifs is 1. The molecular weight excluding hydrogens is 220 g/mol. The number of hydrogen-bond donors (Lipinski definition) is 0. The van der Waals surface area contributed by atoms with Gasteiger partial charge in [0.15, 0.2) is 0 Å². The van der Waals surface area contributed by atoms with Crippen LogP contribution >= 0.6 is 0 Å². The Balaban J connectivity index is 2.30. The van der Waals surface area contributed by atoms with Gasteiger partial charge in [-0.25, -0.2) is 13.6 Å². The van der Waals surface area contributed by atoms with E-state index >= 15 is 0 Å². The Morgan fingerprint density at radius 1 is 1.56 bits per heavy atom. The largest absolute Gasteiger partial charge is 0.464 e. The maximum atomic E-state index is 13.3. The maximum absolute atomic E-state index is 13.3. The zero-order valence-electron chi connectivity index (χ0n) is 8.96. The zero-order chi connectivity index (χ0) is 12.0. The molecule has 0 radical (unpaired) electrons. The highest BCUT2D eigenvalue weighted by atomic mass is 19.3. The fourth-order valence-electron chi connectivity index (χ4n) is 2.51. The number of rotatable bonds is 2. The summed E-state index contributed by atoms with van der Waals surface area (Å²) in [5, 5.41) is 0. The lowest BCUT2D eigenvalue weighted by Gasteiger charge is -2.28. The van der Waals surface area contributed by atoms with Gasteiger partial charge in [0.1, 0.15) is 5.54 Å². The first kappa shape index (κ1) is 11.3. The number of alkyl halides is 2. The van der Waals surface area contributed by atoms with Crippen LogP contribution in [0.4, 0.5) is 8.78 Å². The van der Waals surface area contributed by atoms with Crippen molar-refractivity contribution in [1.29, 1.82) is 0 Å². The highest BCUT2D eigenvalue weighted by Gasteiger charge is 2.64. The second kappa shape index (κ2) is 3.40. The molecule has 6 heteroatoms. The van der Waals surface area contributed by atoms with Crippen molar-refractivity contribution in [2.45, 2.75) is 37.6 Å². The van der Waals surface area contributed by atoms with Crippen molar-refractivity contribution in [2.75, 3.05) is 13.2 Å². The Hall–Kier alpha value is -1.20. The molecule has 0 aliphatic carbocycles. The molecule has 2 aliphatic rings. The minimum atomic E-state index is -2.98. The average molecular weight is 233 g/mol. The summed E-state index contributed by atoms with van der Waals surface area (Å²) < 4.78 is 31.4. The van der Waals surface area contributed by atoms with Crippen molar-refractivity contribution in [2.24, 2.45) is 0 Å². The van der Waals surface area contributed by atoms with Crippen LogP contribution in [0.3, 0.4) is 0 Å². The van der Waals surface area contributed by atoms with Gasteiger partial charge in [-0.2, -0.15) is 0 Å². The van der Waals surface area contributed by atoms with Gasteiger partial charge in [-0.3, -0.25) is 4.79 Å². The highest BCUT2D eigenvalue weighted by molar-refractivity contribution is 5.92. The molecule has 0 aromatic rings. The number of ether oxygens (including phenoxy) is 1. The SMILES string of the molecule is CCOC(=O)[C@]12CCC(=O)N1CC(F)(F)C2. The Morgan fingerprint density at radius 2 is 2.25 bits per heavy atom. The summed E-state index contributed by atoms with van der Waals surface area (Å²) in [6.45, 7) is 1.08. The molecule has 2 heterocycles. The van der Waals surface area contributed by atoms with E-state index in [4.69, 9.17) is 4.74 Å². The van der Waals surface area contributed by atoms with E-state index in [1.165, 1.54) is 0 Å². The van der Waals surface area contributed by atoms with Crippen LogP contribution in [-0.2, 0) is 14.3 Å². The van der Waals surface area contributed by atoms with Gasteiger partial charge >= 0.3 is 5.97 Å². The zero-order valence-corrected chi connectivity index (χ0v) is 8.96. The molecule has 2 rings (SSSR count). The van der Waals surface area contributed by atoms with Gasteiger partial charge in [0, 0.05) is 12.8 Å². The van der Waals surface area contributed by atoms with Crippen molar-refractivity contribution in [3.05, 3.63) is 0 Å². The third-order valence-electron chi connectivity index (χ3n) is 3.17. The Morgan fingerprint density at radius 3 is 2.88 bits per heavy atom. The highest BCUT2D eigenvalue weighted by Crippen LogP contribution is 2.47. The third-order valence-corrected chi connectivity index (χ3v) is 3.17. The van der Waals surface area contributed by atoms with Crippen LogP contribution in [0.25, 0.3) is 0 Å². The first-order chi connectivity index (χ1) is 7.41. The van der Waals surface area contributed by atoms with Crippen molar-refractivity contribution >= 4 is 11.9 Å². The monoisotopic (exact) mass is 233 g/mol. The van der Waals surface area contributed by atoms with Crippen LogP contribution in [0, 0.1) is 0 Å². The number of halogens is 2. The molecule has 16 heavy (non-hydrogen) atoms. The topological polar surface area (TPSA) is 46.6 Å². The lowest BCUT2D eigenvalue weighted by molar-refractivity contribution is -0.157. The van der Waals surface area contributed by atoms with Gasteiger partial charge in [-0.1, -0.05) is 0 Å². The number of carbonyl (C=O) groups is 2. The molecule has 2 fully saturated rings. The van der Waals surface area contributed by atoms with Crippen LogP contribution in [0.5, 0.6) is 0 Å². The molecule has 0 spiro atoms. The predicted octanol–water partition coefficient (Wildman–Crippen LogP) is 0.950. The van der Waals surface area contributed by atoms with Crippen molar-refractivity contribution in [3.63, 3.8) is 0 Å². The normalized spacial score (nSPS) is 31.7. The van der Waals surface area contributed by atoms with Gasteiger partial charge in [0.05, 0.1) is 13.2 Å². The molecule has 1 atom stereocenters. The summed E-state index contributed by atoms with van der Waals surface area (Å²) in [5.41, 5.74) is -1.41. The van der Waals surface area contributed by atoms with Gasteiger partial charge in [-0.15, -0.1) is 0 Å². The molecule has 2 aliphatic heterocycles. The minimum Gasteiger partial charge on any atom is -0.464 e. The Bertz CT molecular complexity index is 345. The van der Waals surface area contributed by atoms with Gasteiger partial charge in [-0.05, 0) is 13.3 Å². The van der Waals surface area contributed by atoms with Crippen LogP contribution in [0.1, 0.15) is 26.2 Å². The fourth-order valence-corrected chi connectivity index (χ4v) is 2.51. The molecule has 1 amide bonds. The van der Waals surface area contributed by atoms with E-state index in [-0.39, 0.29) is 25.4 Å². The lowest BCUT2D eigenvalue weighted by Crippen LogP contribution is -2.48. The smallest absolute Gasteiger partial charge is 0.332 e. The Kier molecular flexibility index (Phi) is 2.40. The molecule has 0 aromatic carbocycles. The van der Waals surface area contributed by atoms with Gasteiger partial charge in [0.2, 0.25) is 5.91 Å². The quantitative estimate of drug-likeness (QED) is 0.667. The number of amides is 1. The van der Waals surface area contributed by atoms with Crippen LogP contribution in [-0.4, -0.2) is 41.4 Å². The maximum Gasteiger partial charge on any atom is 0.332 e. The number of carbonyl (C=O) groups excluding carboxylic acids is 2. The fraction of sp³-hybridized carbons (Fsp3) is 0.800. The summed E-state index contributed by atoms with van der Waals surface area (Å²) in [6, 6.07) is 0. The van der Waals surface area contributed by atoms with E-state index in [0.717, 1.165) is 4.90 Å². The van der Waals surface area contributed by atoms with E-state index in [1.54, 1.807) is 6.92 Å². The van der Waals surface area contributed by atoms with E-state index in [9.17, 15) is 18.4 Å². The van der Waals surface area contributed by atoms with Gasteiger partial charge < -0.3 is 9.64 Å². The second-order valence-electron chi connectivity index (χ2n) is 4.26. The van der Waals surface area contributed by atoms with Crippen LogP contribution < -0.4 is 0 Å². The first-order valence-electron chi connectivity index (χ1n) is 5.27. The summed E-state index contributed by atoms with van der Waals surface area (Å²) in [5.74, 6) is -4.06. The minimum absolute atomic E-state index is 0.133. The molecule has 0 bridgehead atoms. The van der Waals surface area contributed by atoms with Crippen LogP contribution in [0.2, 0.25) is 0 Å². The molecule has 90 valence electrons. The Labute approximate surface area is 91.5 Å². The summed E-state index contributed by atoms with van der Waals surface area (Å²) in [4.78, 5) is 24.2. The lowest BCUT2D eigenvalue weighted by atomic mass is 9.93. The third kappa shape index (κ3) is 1.47. The number of nitrogens with zero attached hydrogens (tertiary/aromatic N) is 1. The summed E-state index contributed by atoms with van der Waals surface area (Å²) >= 11 is 0. The van der Waals surface area contributed by atoms with E-state index in [1.807, 2.05) is 0 Å². The average Bonchev–Trinajstić information content (AvgIpc) is 2.62. The predicted molar refractivity (Wildman–Crippen MR) is 49.9 cm³/mol. The summed E-state index contributed by atoms with van der Waals surface area (Å²) in [7, 11) is 0. The van der Waals surface area contributed by atoms with E-state index < -0.39 is 30.4 Å². The van der Waals surface area contributed by atoms with Crippen LogP contribution in [0.15, 0.2) is 0 Å². The second-order valence-corrected chi connectivity index (χ2v) is 4.26. The van der Waals surface area contributed by atoms with E-state index in [0.29, 0.717) is 0 Å². The molecule has 4 nitrogen and oxygen atoms in total. The first-order valence-corrected chi connectivity index (χ1v) is 5.27. The standard InChI is InChI=1S/C10H13F2NO3/c1-2-16-8(15)9-4-3-7(14)13(9)6-10(11,12)5-9/h2-6H2,1H3/t9-/m1/s1. The van der Waals surface area contributed by atoms with E-state index in [2.05, 4.69) is 0 Å². The van der Waals surface area contributed by atoms with Crippen molar-refractivity contribution < 1.29 is 23.1 Å². The summed E-state index contributed by atoms with van der Waals surface area (Å²) in [6.07, 6.45) is -0.320. The molecule has 2 saturated heterocycles. The molecule has 0 unspecified atom stereocenters. The van der Waals surface area contributed by atoms with Crippen molar-refractivity contribution in [3.8, 4) is 0 Å². The number of hydrogen-bond acceptors (Lipinski definition) is 3. The van der Waals surface area contributed by atoms with Gasteiger partial charge in [0.25, 0.3) is 5.92 Å². The molecule has 0 N–H and O–H groups in total. The number of esters is 1. The molecular formula is C10H13F2NO3. The molecule has 0 aromatic heterocycles. The van der Waals surface area contributed by atoms with Crippen molar-refractivity contribution in [1.82, 2.24) is 4.90 Å². The molecule has 0 saturated carbocycles.